The predicted octanol–water partition coefficient (Wildman–Crippen LogP) is 0.293. The maximum atomic E-state index is 11.2. The molecule has 0 aliphatic heterocycles. The highest BCUT2D eigenvalue weighted by molar-refractivity contribution is 5.84. The molecule has 0 saturated heterocycles. The van der Waals surface area contributed by atoms with Gasteiger partial charge >= 0.3 is 0 Å². The van der Waals surface area contributed by atoms with Gasteiger partial charge in [-0.3, -0.25) is 4.79 Å². The van der Waals surface area contributed by atoms with Gasteiger partial charge in [0.2, 0.25) is 5.91 Å². The molecule has 5 nitrogen and oxygen atoms in total. The van der Waals surface area contributed by atoms with Crippen LogP contribution in [0.1, 0.15) is 24.8 Å². The summed E-state index contributed by atoms with van der Waals surface area (Å²) in [6.07, 6.45) is 1.60. The Morgan fingerprint density at radius 1 is 1.56 bits per heavy atom. The molecule has 5 heteroatoms. The van der Waals surface area contributed by atoms with Crippen LogP contribution in [-0.2, 0) is 11.4 Å². The highest BCUT2D eigenvalue weighted by Gasteiger charge is 2.41. The van der Waals surface area contributed by atoms with Gasteiger partial charge < -0.3 is 21.3 Å². The van der Waals surface area contributed by atoms with E-state index >= 15 is 0 Å². The summed E-state index contributed by atoms with van der Waals surface area (Å²) in [5, 5.41) is 9.04. The number of primary amides is 1. The van der Waals surface area contributed by atoms with Gasteiger partial charge in [0, 0.05) is 6.42 Å². The van der Waals surface area contributed by atoms with Crippen molar-refractivity contribution in [3.05, 3.63) is 29.8 Å². The van der Waals surface area contributed by atoms with E-state index in [-0.39, 0.29) is 12.7 Å². The normalized spacial score (nSPS) is 27.1. The van der Waals surface area contributed by atoms with E-state index in [4.69, 9.17) is 21.3 Å². The summed E-state index contributed by atoms with van der Waals surface area (Å²) in [5.41, 5.74) is 11.0. The topological polar surface area (TPSA) is 98.6 Å². The summed E-state index contributed by atoms with van der Waals surface area (Å²) in [7, 11) is 0. The maximum absolute atomic E-state index is 11.2. The van der Waals surface area contributed by atoms with Crippen LogP contribution < -0.4 is 16.2 Å². The molecule has 1 fully saturated rings. The van der Waals surface area contributed by atoms with Crippen molar-refractivity contribution < 1.29 is 14.6 Å². The smallest absolute Gasteiger partial charge is 0.237 e. The minimum absolute atomic E-state index is 0.0238. The third kappa shape index (κ3) is 2.63. The molecule has 0 aromatic heterocycles. The van der Waals surface area contributed by atoms with Crippen LogP contribution >= 0.6 is 0 Å². The molecule has 2 rings (SSSR count). The van der Waals surface area contributed by atoms with E-state index in [1.54, 1.807) is 6.07 Å². The van der Waals surface area contributed by atoms with Gasteiger partial charge in [-0.05, 0) is 30.5 Å². The van der Waals surface area contributed by atoms with E-state index in [0.717, 1.165) is 5.56 Å². The summed E-state index contributed by atoms with van der Waals surface area (Å²) >= 11 is 0. The second kappa shape index (κ2) is 4.96. The minimum atomic E-state index is -0.945. The second-order valence-electron chi connectivity index (χ2n) is 4.81. The molecular formula is C13H18N2O3. The molecule has 1 saturated carbocycles. The summed E-state index contributed by atoms with van der Waals surface area (Å²) in [4.78, 5) is 11.2. The van der Waals surface area contributed by atoms with Crippen molar-refractivity contribution in [3.63, 3.8) is 0 Å². The Kier molecular flexibility index (Phi) is 3.54. The third-order valence-corrected chi connectivity index (χ3v) is 3.38. The van der Waals surface area contributed by atoms with Crippen molar-refractivity contribution in [2.24, 2.45) is 11.5 Å². The van der Waals surface area contributed by atoms with Gasteiger partial charge in [0.05, 0.1) is 12.1 Å². The molecule has 5 N–H and O–H groups in total. The first-order valence-corrected chi connectivity index (χ1v) is 5.99. The van der Waals surface area contributed by atoms with Gasteiger partial charge in [0.25, 0.3) is 0 Å². The molecule has 2 unspecified atom stereocenters. The van der Waals surface area contributed by atoms with E-state index in [0.29, 0.717) is 25.0 Å². The average Bonchev–Trinajstić information content (AvgIpc) is 2.72. The van der Waals surface area contributed by atoms with Crippen molar-refractivity contribution in [2.75, 3.05) is 0 Å². The largest absolute Gasteiger partial charge is 0.490 e. The monoisotopic (exact) mass is 250 g/mol. The van der Waals surface area contributed by atoms with Gasteiger partial charge in [-0.1, -0.05) is 12.1 Å². The Balaban J connectivity index is 2.01. The minimum Gasteiger partial charge on any atom is -0.490 e. The van der Waals surface area contributed by atoms with Crippen molar-refractivity contribution in [1.29, 1.82) is 0 Å². The zero-order valence-corrected chi connectivity index (χ0v) is 10.1. The number of aliphatic hydroxyl groups is 1. The molecule has 18 heavy (non-hydrogen) atoms. The predicted molar refractivity (Wildman–Crippen MR) is 66.7 cm³/mol. The van der Waals surface area contributed by atoms with Crippen LogP contribution in [0.4, 0.5) is 0 Å². The summed E-state index contributed by atoms with van der Waals surface area (Å²) in [6.45, 7) is -0.0238. The Bertz CT molecular complexity index is 450. The molecule has 0 heterocycles. The fraction of sp³-hybridized carbons (Fsp3) is 0.462. The van der Waals surface area contributed by atoms with E-state index < -0.39 is 11.4 Å². The van der Waals surface area contributed by atoms with E-state index in [2.05, 4.69) is 0 Å². The molecule has 98 valence electrons. The number of nitrogens with two attached hydrogens (primary N) is 2. The first-order chi connectivity index (χ1) is 8.53. The average molecular weight is 250 g/mol. The van der Waals surface area contributed by atoms with Crippen molar-refractivity contribution in [3.8, 4) is 5.75 Å². The molecule has 2 atom stereocenters. The van der Waals surface area contributed by atoms with Crippen molar-refractivity contribution in [2.45, 2.75) is 37.5 Å². The summed E-state index contributed by atoms with van der Waals surface area (Å²) < 4.78 is 5.76. The molecule has 1 aliphatic rings. The van der Waals surface area contributed by atoms with Crippen LogP contribution in [0.15, 0.2) is 24.3 Å². The van der Waals surface area contributed by atoms with Crippen molar-refractivity contribution in [1.82, 2.24) is 0 Å². The lowest BCUT2D eigenvalue weighted by molar-refractivity contribution is -0.123. The Hall–Kier alpha value is -1.59. The molecule has 1 aromatic rings. The Morgan fingerprint density at radius 2 is 2.33 bits per heavy atom. The van der Waals surface area contributed by atoms with Crippen LogP contribution in [-0.4, -0.2) is 22.7 Å². The quantitative estimate of drug-likeness (QED) is 0.715. The number of aliphatic hydroxyl groups excluding tert-OH is 1. The highest BCUT2D eigenvalue weighted by Crippen LogP contribution is 2.31. The van der Waals surface area contributed by atoms with Crippen LogP contribution in [0.3, 0.4) is 0 Å². The number of hydrogen-bond acceptors (Lipinski definition) is 4. The number of benzene rings is 1. The molecule has 0 radical (unpaired) electrons. The Labute approximate surface area is 106 Å². The second-order valence-corrected chi connectivity index (χ2v) is 4.81. The van der Waals surface area contributed by atoms with Crippen molar-refractivity contribution >= 4 is 5.91 Å². The number of rotatable bonds is 4. The van der Waals surface area contributed by atoms with Gasteiger partial charge in [-0.2, -0.15) is 0 Å². The number of carbonyl (C=O) groups excluding carboxylic acids is 1. The van der Waals surface area contributed by atoms with Crippen LogP contribution in [0.2, 0.25) is 0 Å². The summed E-state index contributed by atoms with van der Waals surface area (Å²) in [6, 6.07) is 7.23. The number of amides is 1. The lowest BCUT2D eigenvalue weighted by Gasteiger charge is -2.20. The lowest BCUT2D eigenvalue weighted by atomic mass is 9.99. The van der Waals surface area contributed by atoms with E-state index in [9.17, 15) is 4.79 Å². The molecule has 1 aliphatic carbocycles. The molecule has 0 spiro atoms. The summed E-state index contributed by atoms with van der Waals surface area (Å²) in [5.74, 6) is 0.206. The molecule has 1 aromatic carbocycles. The van der Waals surface area contributed by atoms with Crippen LogP contribution in [0.5, 0.6) is 5.75 Å². The van der Waals surface area contributed by atoms with Gasteiger partial charge in [0.15, 0.2) is 0 Å². The lowest BCUT2D eigenvalue weighted by Crippen LogP contribution is -2.50. The van der Waals surface area contributed by atoms with Gasteiger partial charge in [-0.25, -0.2) is 0 Å². The maximum Gasteiger partial charge on any atom is 0.237 e. The molecular weight excluding hydrogens is 232 g/mol. The zero-order valence-electron chi connectivity index (χ0n) is 10.1. The van der Waals surface area contributed by atoms with Crippen LogP contribution in [0, 0.1) is 0 Å². The number of carbonyl (C=O) groups is 1. The van der Waals surface area contributed by atoms with E-state index in [1.165, 1.54) is 0 Å². The first kappa shape index (κ1) is 12.9. The molecule has 1 amide bonds. The number of hydrogen-bond donors (Lipinski definition) is 3. The fourth-order valence-electron chi connectivity index (χ4n) is 2.26. The standard InChI is InChI=1S/C13H18N2O3/c14-12(17)13(15)5-4-11(7-13)18-10-3-1-2-9(6-10)8-16/h1-3,6,11,16H,4-5,7-8,15H2,(H2,14,17). The Morgan fingerprint density at radius 3 is 2.94 bits per heavy atom. The van der Waals surface area contributed by atoms with Crippen LogP contribution in [0.25, 0.3) is 0 Å². The fourth-order valence-corrected chi connectivity index (χ4v) is 2.26. The first-order valence-electron chi connectivity index (χ1n) is 5.99. The number of ether oxygens (including phenoxy) is 1. The third-order valence-electron chi connectivity index (χ3n) is 3.38. The molecule has 0 bridgehead atoms. The van der Waals surface area contributed by atoms with Gasteiger partial charge in [-0.15, -0.1) is 0 Å². The highest BCUT2D eigenvalue weighted by atomic mass is 16.5. The van der Waals surface area contributed by atoms with Gasteiger partial charge in [0.1, 0.15) is 11.9 Å². The SMILES string of the molecule is NC(=O)C1(N)CCC(Oc2cccc(CO)c2)C1. The zero-order chi connectivity index (χ0) is 13.2. The van der Waals surface area contributed by atoms with E-state index in [1.807, 2.05) is 18.2 Å².